The van der Waals surface area contributed by atoms with Gasteiger partial charge in [-0.25, -0.2) is 9.37 Å². The number of fused-ring (bicyclic) bond motifs is 2. The molecule has 0 aliphatic heterocycles. The van der Waals surface area contributed by atoms with E-state index >= 15 is 0 Å². The maximum Gasteiger partial charge on any atom is 0.159 e. The summed E-state index contributed by atoms with van der Waals surface area (Å²) in [6.45, 7) is 1.86. The summed E-state index contributed by atoms with van der Waals surface area (Å²) in [4.78, 5) is 12.6. The monoisotopic (exact) mass is 423 g/mol. The van der Waals surface area contributed by atoms with Crippen LogP contribution in [0.15, 0.2) is 61.1 Å². The lowest BCUT2D eigenvalue weighted by atomic mass is 10.1. The van der Waals surface area contributed by atoms with E-state index in [2.05, 4.69) is 31.3 Å². The summed E-state index contributed by atoms with van der Waals surface area (Å²) in [7, 11) is 1.89. The van der Waals surface area contributed by atoms with Crippen molar-refractivity contribution in [3.05, 3.63) is 72.4 Å². The average molecular weight is 423 g/mol. The van der Waals surface area contributed by atoms with Crippen molar-refractivity contribution in [2.75, 3.05) is 0 Å². The molecule has 156 valence electrons. The van der Waals surface area contributed by atoms with E-state index in [4.69, 9.17) is 4.98 Å². The predicted molar refractivity (Wildman–Crippen MR) is 121 cm³/mol. The molecule has 0 saturated carbocycles. The van der Waals surface area contributed by atoms with Crippen LogP contribution in [-0.2, 0) is 7.05 Å². The maximum atomic E-state index is 14.0. The molecule has 7 nitrogen and oxygen atoms in total. The highest BCUT2D eigenvalue weighted by atomic mass is 19.1. The molecule has 0 unspecified atom stereocenters. The van der Waals surface area contributed by atoms with Crippen molar-refractivity contribution in [2.24, 2.45) is 7.05 Å². The lowest BCUT2D eigenvalue weighted by Crippen LogP contribution is -1.88. The van der Waals surface area contributed by atoms with Crippen molar-refractivity contribution in [1.29, 1.82) is 0 Å². The summed E-state index contributed by atoms with van der Waals surface area (Å²) in [5, 5.41) is 12.8. The Bertz CT molecular complexity index is 1600. The number of aromatic nitrogens is 7. The number of H-pyrrole nitrogens is 2. The number of benzene rings is 2. The van der Waals surface area contributed by atoms with Gasteiger partial charge in [0.2, 0.25) is 0 Å². The van der Waals surface area contributed by atoms with Crippen LogP contribution in [0.1, 0.15) is 5.56 Å². The first-order valence-corrected chi connectivity index (χ1v) is 10.1. The molecule has 0 amide bonds. The Morgan fingerprint density at radius 3 is 2.66 bits per heavy atom. The molecule has 0 atom stereocenters. The van der Waals surface area contributed by atoms with Gasteiger partial charge >= 0.3 is 0 Å². The molecule has 0 bridgehead atoms. The Morgan fingerprint density at radius 2 is 1.84 bits per heavy atom. The Balaban J connectivity index is 1.51. The van der Waals surface area contributed by atoms with Crippen molar-refractivity contribution in [3.63, 3.8) is 0 Å². The van der Waals surface area contributed by atoms with Crippen LogP contribution in [0.4, 0.5) is 4.39 Å². The second kappa shape index (κ2) is 6.84. The number of halogens is 1. The van der Waals surface area contributed by atoms with Gasteiger partial charge in [0.1, 0.15) is 17.0 Å². The molecule has 0 saturated heterocycles. The van der Waals surface area contributed by atoms with E-state index in [0.29, 0.717) is 28.3 Å². The number of imidazole rings is 1. The highest BCUT2D eigenvalue weighted by Gasteiger charge is 2.17. The van der Waals surface area contributed by atoms with Gasteiger partial charge in [-0.15, -0.1) is 0 Å². The minimum atomic E-state index is -0.296. The fourth-order valence-electron chi connectivity index (χ4n) is 4.08. The van der Waals surface area contributed by atoms with Crippen LogP contribution in [0.25, 0.3) is 55.8 Å². The molecular weight excluding hydrogens is 405 g/mol. The SMILES string of the molecule is Cc1cc(F)cc(-c2nccc3[nH]c(-c4n[nH]c5ccc(-c6cnn(C)c6)cc45)nc23)c1. The summed E-state index contributed by atoms with van der Waals surface area (Å²) in [6, 6.07) is 12.9. The van der Waals surface area contributed by atoms with E-state index in [9.17, 15) is 4.39 Å². The van der Waals surface area contributed by atoms with Gasteiger partial charge in [-0.2, -0.15) is 10.2 Å². The predicted octanol–water partition coefficient (Wildman–Crippen LogP) is 5.02. The Labute approximate surface area is 182 Å². The highest BCUT2D eigenvalue weighted by molar-refractivity contribution is 5.97. The van der Waals surface area contributed by atoms with Crippen LogP contribution in [0.2, 0.25) is 0 Å². The number of hydrogen-bond acceptors (Lipinski definition) is 4. The number of nitrogens with zero attached hydrogens (tertiary/aromatic N) is 5. The fraction of sp³-hybridized carbons (Fsp3) is 0.0833. The summed E-state index contributed by atoms with van der Waals surface area (Å²) in [5.41, 5.74) is 7.33. The van der Waals surface area contributed by atoms with Gasteiger partial charge in [-0.3, -0.25) is 14.8 Å². The quantitative estimate of drug-likeness (QED) is 0.419. The van der Waals surface area contributed by atoms with Crippen molar-refractivity contribution in [3.8, 4) is 33.9 Å². The molecule has 32 heavy (non-hydrogen) atoms. The number of pyridine rings is 1. The zero-order chi connectivity index (χ0) is 21.8. The number of aromatic amines is 2. The average Bonchev–Trinajstić information content (AvgIpc) is 3.49. The minimum Gasteiger partial charge on any atom is -0.336 e. The Morgan fingerprint density at radius 1 is 0.938 bits per heavy atom. The topological polar surface area (TPSA) is 88.1 Å². The molecule has 6 rings (SSSR count). The van der Waals surface area contributed by atoms with Crippen molar-refractivity contribution in [1.82, 2.24) is 34.9 Å². The number of aryl methyl sites for hydroxylation is 2. The zero-order valence-electron chi connectivity index (χ0n) is 17.4. The molecule has 0 spiro atoms. The summed E-state index contributed by atoms with van der Waals surface area (Å²) >= 11 is 0. The van der Waals surface area contributed by atoms with E-state index in [1.807, 2.05) is 50.6 Å². The third-order valence-electron chi connectivity index (χ3n) is 5.54. The molecule has 6 aromatic rings. The van der Waals surface area contributed by atoms with Gasteiger partial charge in [-0.1, -0.05) is 6.07 Å². The smallest absolute Gasteiger partial charge is 0.159 e. The molecule has 0 aliphatic carbocycles. The van der Waals surface area contributed by atoms with Gasteiger partial charge in [0.15, 0.2) is 5.82 Å². The first-order chi connectivity index (χ1) is 15.5. The number of rotatable bonds is 3. The second-order valence-electron chi connectivity index (χ2n) is 7.89. The maximum absolute atomic E-state index is 14.0. The summed E-state index contributed by atoms with van der Waals surface area (Å²) in [5.74, 6) is 0.327. The third-order valence-corrected chi connectivity index (χ3v) is 5.54. The number of hydrogen-bond donors (Lipinski definition) is 2. The van der Waals surface area contributed by atoms with Crippen molar-refractivity contribution < 1.29 is 4.39 Å². The molecule has 0 radical (unpaired) electrons. The largest absolute Gasteiger partial charge is 0.336 e. The van der Waals surface area contributed by atoms with Crippen molar-refractivity contribution >= 4 is 21.9 Å². The minimum absolute atomic E-state index is 0.296. The Hall–Kier alpha value is -4.33. The molecule has 2 aromatic carbocycles. The van der Waals surface area contributed by atoms with Gasteiger partial charge in [0, 0.05) is 36.0 Å². The van der Waals surface area contributed by atoms with Crippen LogP contribution >= 0.6 is 0 Å². The lowest BCUT2D eigenvalue weighted by Gasteiger charge is -2.03. The molecule has 8 heteroatoms. The van der Waals surface area contributed by atoms with E-state index < -0.39 is 0 Å². The number of nitrogens with one attached hydrogen (secondary N) is 2. The second-order valence-corrected chi connectivity index (χ2v) is 7.89. The van der Waals surface area contributed by atoms with E-state index in [1.54, 1.807) is 10.9 Å². The van der Waals surface area contributed by atoms with E-state index in [0.717, 1.165) is 33.1 Å². The first-order valence-electron chi connectivity index (χ1n) is 10.1. The van der Waals surface area contributed by atoms with Gasteiger partial charge in [0.25, 0.3) is 0 Å². The molecular formula is C24H18FN7. The normalized spacial score (nSPS) is 11.6. The standard InChI is InChI=1S/C24H18FN7/c1-13-7-15(9-17(25)8-13)21-23-20(5-6-26-21)28-24(29-23)22-18-10-14(3-4-19(18)30-31-22)16-11-27-32(2)12-16/h3-12H,1-2H3,(H,28,29)(H,30,31). The molecule has 0 fully saturated rings. The van der Waals surface area contributed by atoms with Crippen molar-refractivity contribution in [2.45, 2.75) is 6.92 Å². The van der Waals surface area contributed by atoms with Gasteiger partial charge < -0.3 is 4.98 Å². The fourth-order valence-corrected chi connectivity index (χ4v) is 4.08. The Kier molecular flexibility index (Phi) is 3.94. The molecule has 4 heterocycles. The molecule has 2 N–H and O–H groups in total. The zero-order valence-corrected chi connectivity index (χ0v) is 17.4. The van der Waals surface area contributed by atoms with E-state index in [1.165, 1.54) is 12.1 Å². The van der Waals surface area contributed by atoms with Crippen LogP contribution < -0.4 is 0 Å². The summed E-state index contributed by atoms with van der Waals surface area (Å²) in [6.07, 6.45) is 5.51. The van der Waals surface area contributed by atoms with Gasteiger partial charge in [-0.05, 0) is 54.4 Å². The lowest BCUT2D eigenvalue weighted by molar-refractivity contribution is 0.627. The molecule has 0 aliphatic rings. The highest BCUT2D eigenvalue weighted by Crippen LogP contribution is 2.32. The summed E-state index contributed by atoms with van der Waals surface area (Å²) < 4.78 is 15.8. The van der Waals surface area contributed by atoms with E-state index in [-0.39, 0.29) is 5.82 Å². The first kappa shape index (κ1) is 18.4. The van der Waals surface area contributed by atoms with Crippen LogP contribution in [0, 0.1) is 12.7 Å². The van der Waals surface area contributed by atoms with Crippen LogP contribution in [0.3, 0.4) is 0 Å². The van der Waals surface area contributed by atoms with Crippen LogP contribution in [0.5, 0.6) is 0 Å². The van der Waals surface area contributed by atoms with Crippen LogP contribution in [-0.4, -0.2) is 34.9 Å². The third kappa shape index (κ3) is 2.96. The molecule has 4 aromatic heterocycles. The van der Waals surface area contributed by atoms with Gasteiger partial charge in [0.05, 0.1) is 22.9 Å².